The van der Waals surface area contributed by atoms with E-state index in [0.29, 0.717) is 12.4 Å². The molecule has 1 amide bonds. The fourth-order valence-electron chi connectivity index (χ4n) is 4.69. The van der Waals surface area contributed by atoms with Gasteiger partial charge in [-0.05, 0) is 55.3 Å². The molecule has 0 aliphatic carbocycles. The van der Waals surface area contributed by atoms with Crippen molar-refractivity contribution in [3.8, 4) is 5.75 Å². The van der Waals surface area contributed by atoms with Gasteiger partial charge in [0.15, 0.2) is 0 Å². The van der Waals surface area contributed by atoms with Crippen LogP contribution in [0.5, 0.6) is 5.75 Å². The number of carbonyl (C=O) groups is 1. The van der Waals surface area contributed by atoms with Gasteiger partial charge < -0.3 is 19.3 Å². The van der Waals surface area contributed by atoms with Crippen LogP contribution in [0.15, 0.2) is 66.7 Å². The van der Waals surface area contributed by atoms with Gasteiger partial charge >= 0.3 is 0 Å². The van der Waals surface area contributed by atoms with Crippen LogP contribution in [0, 0.1) is 19.7 Å². The highest BCUT2D eigenvalue weighted by atomic mass is 19.1. The molecule has 1 aromatic heterocycles. The minimum atomic E-state index is -0.786. The average molecular weight is 474 g/mol. The number of amides is 1. The van der Waals surface area contributed by atoms with Crippen LogP contribution in [0.25, 0.3) is 11.0 Å². The summed E-state index contributed by atoms with van der Waals surface area (Å²) in [5.74, 6) is 0.680. The van der Waals surface area contributed by atoms with Gasteiger partial charge in [-0.2, -0.15) is 0 Å². The number of rotatable bonds is 7. The lowest BCUT2D eigenvalue weighted by Gasteiger charge is -2.19. The second kappa shape index (κ2) is 9.50. The molecule has 1 aliphatic rings. The van der Waals surface area contributed by atoms with Crippen molar-refractivity contribution in [2.24, 2.45) is 0 Å². The summed E-state index contributed by atoms with van der Waals surface area (Å²) in [5.41, 5.74) is 4.05. The summed E-state index contributed by atoms with van der Waals surface area (Å²) in [6, 6.07) is 20.0. The number of aliphatic hydroxyl groups is 1. The Labute approximate surface area is 203 Å². The maximum atomic E-state index is 14.4. The first kappa shape index (κ1) is 23.1. The van der Waals surface area contributed by atoms with Gasteiger partial charge in [-0.15, -0.1) is 0 Å². The van der Waals surface area contributed by atoms with Crippen molar-refractivity contribution in [1.29, 1.82) is 0 Å². The number of anilines is 1. The summed E-state index contributed by atoms with van der Waals surface area (Å²) in [5, 5.41) is 10.9. The van der Waals surface area contributed by atoms with Gasteiger partial charge in [-0.1, -0.05) is 36.4 Å². The summed E-state index contributed by atoms with van der Waals surface area (Å²) < 4.78 is 22.3. The van der Waals surface area contributed by atoms with E-state index in [1.165, 1.54) is 11.0 Å². The number of benzene rings is 3. The highest BCUT2D eigenvalue weighted by Crippen LogP contribution is 2.34. The predicted molar refractivity (Wildman–Crippen MR) is 133 cm³/mol. The molecule has 1 fully saturated rings. The molecule has 0 unspecified atom stereocenters. The van der Waals surface area contributed by atoms with Crippen molar-refractivity contribution in [2.75, 3.05) is 18.1 Å². The number of imidazole rings is 1. The quantitative estimate of drug-likeness (QED) is 0.421. The van der Waals surface area contributed by atoms with Crippen LogP contribution in [-0.2, 0) is 11.3 Å². The molecular formula is C28H28FN3O3. The second-order valence-corrected chi connectivity index (χ2v) is 9.16. The molecule has 0 spiro atoms. The molecule has 0 radical (unpaired) electrons. The summed E-state index contributed by atoms with van der Waals surface area (Å²) in [6.07, 6.45) is -0.557. The molecule has 180 valence electrons. The third-order valence-electron chi connectivity index (χ3n) is 6.49. The predicted octanol–water partition coefficient (Wildman–Crippen LogP) is 4.75. The fraction of sp³-hybridized carbons (Fsp3) is 0.286. The lowest BCUT2D eigenvalue weighted by molar-refractivity contribution is -0.117. The van der Waals surface area contributed by atoms with E-state index in [-0.39, 0.29) is 37.1 Å². The molecule has 1 saturated heterocycles. The second-order valence-electron chi connectivity index (χ2n) is 9.16. The molecule has 2 heterocycles. The Morgan fingerprint density at radius 3 is 2.71 bits per heavy atom. The first-order valence-electron chi connectivity index (χ1n) is 11.8. The Balaban J connectivity index is 1.39. The Bertz CT molecular complexity index is 1380. The summed E-state index contributed by atoms with van der Waals surface area (Å²) in [6.45, 7) is 4.70. The van der Waals surface area contributed by atoms with Gasteiger partial charge in [0.2, 0.25) is 5.91 Å². The highest BCUT2D eigenvalue weighted by molar-refractivity contribution is 5.96. The number of fused-ring (bicyclic) bond motifs is 1. The number of ether oxygens (including phenoxy) is 1. The molecule has 4 aromatic rings. The lowest BCUT2D eigenvalue weighted by atomic mass is 10.1. The average Bonchev–Trinajstić information content (AvgIpc) is 3.40. The monoisotopic (exact) mass is 473 g/mol. The number of hydrogen-bond donors (Lipinski definition) is 1. The van der Waals surface area contributed by atoms with Gasteiger partial charge in [0.05, 0.1) is 23.3 Å². The third-order valence-corrected chi connectivity index (χ3v) is 6.49. The maximum absolute atomic E-state index is 14.4. The molecule has 2 atom stereocenters. The van der Waals surface area contributed by atoms with Crippen molar-refractivity contribution in [3.63, 3.8) is 0 Å². The minimum Gasteiger partial charge on any atom is -0.491 e. The van der Waals surface area contributed by atoms with Crippen LogP contribution in [0.3, 0.4) is 0 Å². The van der Waals surface area contributed by atoms with Gasteiger partial charge in [0.25, 0.3) is 0 Å². The van der Waals surface area contributed by atoms with Gasteiger partial charge in [0.1, 0.15) is 30.1 Å². The number of nitrogens with zero attached hydrogens (tertiary/aromatic N) is 3. The standard InChI is InChI=1S/C28H28FN3O3/c1-18-11-12-19(2)26(13-18)35-17-21(33)16-32-25-10-6-4-8-23(25)30-28(32)20-14-27(34)31(15-20)24-9-5-3-7-22(24)29/h3-13,20-21,33H,14-17H2,1-2H3/t20-,21+/m1/s1. The van der Waals surface area contributed by atoms with Crippen LogP contribution < -0.4 is 9.64 Å². The molecule has 7 heteroatoms. The summed E-state index contributed by atoms with van der Waals surface area (Å²) in [7, 11) is 0. The number of aryl methyl sites for hydroxylation is 2. The van der Waals surface area contributed by atoms with Gasteiger partial charge in [-0.25, -0.2) is 9.37 Å². The topological polar surface area (TPSA) is 67.6 Å². The number of halogens is 1. The molecule has 5 rings (SSSR count). The van der Waals surface area contributed by atoms with E-state index in [2.05, 4.69) is 0 Å². The van der Waals surface area contributed by atoms with E-state index >= 15 is 0 Å². The smallest absolute Gasteiger partial charge is 0.227 e. The van der Waals surface area contributed by atoms with E-state index in [1.54, 1.807) is 18.2 Å². The molecule has 0 bridgehead atoms. The Hall–Kier alpha value is -3.71. The van der Waals surface area contributed by atoms with Gasteiger partial charge in [-0.3, -0.25) is 4.79 Å². The molecular weight excluding hydrogens is 445 g/mol. The highest BCUT2D eigenvalue weighted by Gasteiger charge is 2.36. The van der Waals surface area contributed by atoms with E-state index in [1.807, 2.05) is 60.9 Å². The summed E-state index contributed by atoms with van der Waals surface area (Å²) in [4.78, 5) is 19.1. The van der Waals surface area contributed by atoms with Crippen LogP contribution in [0.4, 0.5) is 10.1 Å². The normalized spacial score (nSPS) is 16.7. The van der Waals surface area contributed by atoms with Gasteiger partial charge in [0, 0.05) is 18.9 Å². The van der Waals surface area contributed by atoms with Crippen LogP contribution in [0.1, 0.15) is 29.3 Å². The lowest BCUT2D eigenvalue weighted by Crippen LogP contribution is -2.27. The minimum absolute atomic E-state index is 0.126. The molecule has 0 saturated carbocycles. The number of hydrogen-bond acceptors (Lipinski definition) is 4. The molecule has 3 aromatic carbocycles. The van der Waals surface area contributed by atoms with Crippen molar-refractivity contribution < 1.29 is 19.0 Å². The van der Waals surface area contributed by atoms with Crippen LogP contribution in [-0.4, -0.2) is 39.8 Å². The third kappa shape index (κ3) is 4.64. The van der Waals surface area contributed by atoms with Crippen molar-refractivity contribution in [1.82, 2.24) is 9.55 Å². The van der Waals surface area contributed by atoms with E-state index in [9.17, 15) is 14.3 Å². The van der Waals surface area contributed by atoms with E-state index < -0.39 is 11.9 Å². The Kier molecular flexibility index (Phi) is 6.26. The number of aliphatic hydroxyl groups excluding tert-OH is 1. The number of para-hydroxylation sites is 3. The molecule has 6 nitrogen and oxygen atoms in total. The molecule has 1 aliphatic heterocycles. The Morgan fingerprint density at radius 2 is 1.89 bits per heavy atom. The largest absolute Gasteiger partial charge is 0.491 e. The zero-order valence-corrected chi connectivity index (χ0v) is 19.8. The molecule has 1 N–H and O–H groups in total. The SMILES string of the molecule is Cc1ccc(C)c(OC[C@@H](O)Cn2c([C@@H]3CC(=O)N(c4ccccc4F)C3)nc3ccccc32)c1. The Morgan fingerprint density at radius 1 is 1.11 bits per heavy atom. The zero-order chi connectivity index (χ0) is 24.5. The number of aromatic nitrogens is 2. The maximum Gasteiger partial charge on any atom is 0.227 e. The van der Waals surface area contributed by atoms with E-state index in [0.717, 1.165) is 27.9 Å². The number of carbonyl (C=O) groups excluding carboxylic acids is 1. The zero-order valence-electron chi connectivity index (χ0n) is 19.8. The van der Waals surface area contributed by atoms with Crippen LogP contribution >= 0.6 is 0 Å². The molecule has 35 heavy (non-hydrogen) atoms. The van der Waals surface area contributed by atoms with Crippen LogP contribution in [0.2, 0.25) is 0 Å². The van der Waals surface area contributed by atoms with Crippen molar-refractivity contribution in [3.05, 3.63) is 89.5 Å². The van der Waals surface area contributed by atoms with E-state index in [4.69, 9.17) is 9.72 Å². The first-order chi connectivity index (χ1) is 16.9. The summed E-state index contributed by atoms with van der Waals surface area (Å²) >= 11 is 0. The fourth-order valence-corrected chi connectivity index (χ4v) is 4.69. The van der Waals surface area contributed by atoms with Crippen molar-refractivity contribution >= 4 is 22.6 Å². The first-order valence-corrected chi connectivity index (χ1v) is 11.8. The van der Waals surface area contributed by atoms with Crippen molar-refractivity contribution in [2.45, 2.75) is 38.8 Å².